The minimum absolute atomic E-state index is 0.118. The van der Waals surface area contributed by atoms with E-state index in [1.54, 1.807) is 12.3 Å². The molecule has 2 aromatic heterocycles. The smallest absolute Gasteiger partial charge is 0.211 e. The van der Waals surface area contributed by atoms with Crippen LogP contribution in [0, 0.1) is 6.92 Å². The summed E-state index contributed by atoms with van der Waals surface area (Å²) < 4.78 is 25.8. The van der Waals surface area contributed by atoms with Crippen molar-refractivity contribution in [2.24, 2.45) is 0 Å². The molecule has 0 amide bonds. The summed E-state index contributed by atoms with van der Waals surface area (Å²) in [6, 6.07) is 11.0. The van der Waals surface area contributed by atoms with Crippen molar-refractivity contribution in [1.82, 2.24) is 9.97 Å². The minimum atomic E-state index is -3.44. The van der Waals surface area contributed by atoms with Gasteiger partial charge in [-0.25, -0.2) is 13.4 Å². The van der Waals surface area contributed by atoms with E-state index in [1.807, 2.05) is 37.3 Å². The van der Waals surface area contributed by atoms with Crippen LogP contribution in [-0.2, 0) is 15.6 Å². The third kappa shape index (κ3) is 2.57. The van der Waals surface area contributed by atoms with Gasteiger partial charge in [-0.3, -0.25) is 4.98 Å². The average Bonchev–Trinajstić information content (AvgIpc) is 2.86. The molecule has 3 rings (SSSR count). The number of fused-ring (bicyclic) bond motifs is 1. The van der Waals surface area contributed by atoms with Crippen molar-refractivity contribution in [2.75, 3.05) is 0 Å². The third-order valence-corrected chi connectivity index (χ3v) is 5.99. The summed E-state index contributed by atoms with van der Waals surface area (Å²) in [5.74, 6) is -0.118. The van der Waals surface area contributed by atoms with E-state index in [0.717, 1.165) is 10.3 Å². The van der Waals surface area contributed by atoms with E-state index >= 15 is 0 Å². The standard InChI is InChI=1S/C14H12N2O2S2/c1-10-6-7-11(15-8-10)9-20(17,18)14-16-12-4-2-3-5-13(12)19-14/h2-8H,9H2,1H3. The van der Waals surface area contributed by atoms with Gasteiger partial charge < -0.3 is 0 Å². The number of hydrogen-bond donors (Lipinski definition) is 0. The molecule has 1 aromatic carbocycles. The second kappa shape index (κ2) is 4.96. The largest absolute Gasteiger partial charge is 0.260 e. The fraction of sp³-hybridized carbons (Fsp3) is 0.143. The molecule has 20 heavy (non-hydrogen) atoms. The summed E-state index contributed by atoms with van der Waals surface area (Å²) in [6.45, 7) is 1.92. The highest BCUT2D eigenvalue weighted by molar-refractivity contribution is 7.92. The van der Waals surface area contributed by atoms with Gasteiger partial charge in [0.15, 0.2) is 0 Å². The van der Waals surface area contributed by atoms with Gasteiger partial charge in [-0.2, -0.15) is 0 Å². The number of para-hydroxylation sites is 1. The Morgan fingerprint density at radius 1 is 1.15 bits per heavy atom. The lowest BCUT2D eigenvalue weighted by atomic mass is 10.3. The van der Waals surface area contributed by atoms with Crippen LogP contribution in [0.5, 0.6) is 0 Å². The Balaban J connectivity index is 1.96. The second-order valence-electron chi connectivity index (χ2n) is 4.53. The van der Waals surface area contributed by atoms with Gasteiger partial charge in [0.25, 0.3) is 0 Å². The molecule has 0 unspecified atom stereocenters. The van der Waals surface area contributed by atoms with Crippen LogP contribution >= 0.6 is 11.3 Å². The zero-order valence-electron chi connectivity index (χ0n) is 10.8. The van der Waals surface area contributed by atoms with E-state index in [-0.39, 0.29) is 10.1 Å². The molecule has 0 saturated carbocycles. The van der Waals surface area contributed by atoms with Crippen molar-refractivity contribution < 1.29 is 8.42 Å². The number of pyridine rings is 1. The Hall–Kier alpha value is -1.79. The van der Waals surface area contributed by atoms with Crippen LogP contribution in [0.3, 0.4) is 0 Å². The van der Waals surface area contributed by atoms with Crippen LogP contribution in [0.2, 0.25) is 0 Å². The van der Waals surface area contributed by atoms with Gasteiger partial charge in [-0.05, 0) is 30.7 Å². The first-order valence-electron chi connectivity index (χ1n) is 6.04. The van der Waals surface area contributed by atoms with Crippen LogP contribution in [0.4, 0.5) is 0 Å². The molecule has 0 N–H and O–H groups in total. The summed E-state index contributed by atoms with van der Waals surface area (Å²) >= 11 is 1.20. The lowest BCUT2D eigenvalue weighted by Gasteiger charge is -2.00. The van der Waals surface area contributed by atoms with Gasteiger partial charge in [0.2, 0.25) is 14.2 Å². The van der Waals surface area contributed by atoms with E-state index in [0.29, 0.717) is 11.2 Å². The molecule has 0 spiro atoms. The molecular weight excluding hydrogens is 292 g/mol. The molecule has 4 nitrogen and oxygen atoms in total. The summed E-state index contributed by atoms with van der Waals surface area (Å²) in [6.07, 6.45) is 1.67. The summed E-state index contributed by atoms with van der Waals surface area (Å²) in [4.78, 5) is 8.34. The summed E-state index contributed by atoms with van der Waals surface area (Å²) in [5.41, 5.74) is 2.26. The molecule has 6 heteroatoms. The van der Waals surface area contributed by atoms with Crippen molar-refractivity contribution in [3.63, 3.8) is 0 Å². The van der Waals surface area contributed by atoms with E-state index < -0.39 is 9.84 Å². The van der Waals surface area contributed by atoms with Crippen molar-refractivity contribution in [2.45, 2.75) is 17.0 Å². The van der Waals surface area contributed by atoms with Gasteiger partial charge in [0, 0.05) is 6.20 Å². The van der Waals surface area contributed by atoms with Gasteiger partial charge >= 0.3 is 0 Å². The Bertz CT molecular complexity index is 819. The molecule has 0 aliphatic rings. The topological polar surface area (TPSA) is 59.9 Å². The normalized spacial score (nSPS) is 11.8. The molecular formula is C14H12N2O2S2. The predicted octanol–water partition coefficient (Wildman–Crippen LogP) is 2.97. The lowest BCUT2D eigenvalue weighted by Crippen LogP contribution is -2.05. The number of nitrogens with zero attached hydrogens (tertiary/aromatic N) is 2. The fourth-order valence-electron chi connectivity index (χ4n) is 1.82. The monoisotopic (exact) mass is 304 g/mol. The summed E-state index contributed by atoms with van der Waals surface area (Å²) in [7, 11) is -3.44. The van der Waals surface area contributed by atoms with Crippen LogP contribution in [0.15, 0.2) is 46.9 Å². The zero-order chi connectivity index (χ0) is 14.2. The molecule has 3 aromatic rings. The number of hydrogen-bond acceptors (Lipinski definition) is 5. The van der Waals surface area contributed by atoms with Crippen molar-refractivity contribution in [3.05, 3.63) is 53.9 Å². The minimum Gasteiger partial charge on any atom is -0.260 e. The maximum Gasteiger partial charge on any atom is 0.211 e. The fourth-order valence-corrected chi connectivity index (χ4v) is 4.40. The Morgan fingerprint density at radius 2 is 1.95 bits per heavy atom. The molecule has 0 bridgehead atoms. The number of benzene rings is 1. The maximum absolute atomic E-state index is 12.4. The quantitative estimate of drug-likeness (QED) is 0.746. The highest BCUT2D eigenvalue weighted by Crippen LogP contribution is 2.27. The maximum atomic E-state index is 12.4. The molecule has 0 atom stereocenters. The van der Waals surface area contributed by atoms with E-state index in [9.17, 15) is 8.42 Å². The number of sulfone groups is 1. The first-order chi connectivity index (χ1) is 9.54. The van der Waals surface area contributed by atoms with Crippen LogP contribution in [-0.4, -0.2) is 18.4 Å². The van der Waals surface area contributed by atoms with Crippen LogP contribution < -0.4 is 0 Å². The third-order valence-electron chi connectivity index (χ3n) is 2.85. The van der Waals surface area contributed by atoms with E-state index in [4.69, 9.17) is 0 Å². The Kier molecular flexibility index (Phi) is 3.27. The van der Waals surface area contributed by atoms with Gasteiger partial charge in [-0.1, -0.05) is 18.2 Å². The average molecular weight is 304 g/mol. The number of thiazole rings is 1. The molecule has 0 saturated heterocycles. The SMILES string of the molecule is Cc1ccc(CS(=O)(=O)c2nc3ccccc3s2)nc1. The first-order valence-corrected chi connectivity index (χ1v) is 8.51. The number of aryl methyl sites for hydroxylation is 1. The van der Waals surface area contributed by atoms with Crippen LogP contribution in [0.1, 0.15) is 11.3 Å². The second-order valence-corrected chi connectivity index (χ2v) is 7.73. The van der Waals surface area contributed by atoms with Gasteiger partial charge in [0.1, 0.15) is 0 Å². The predicted molar refractivity (Wildman–Crippen MR) is 79.5 cm³/mol. The van der Waals surface area contributed by atoms with Gasteiger partial charge in [-0.15, -0.1) is 11.3 Å². The zero-order valence-corrected chi connectivity index (χ0v) is 12.4. The molecule has 0 aliphatic carbocycles. The Morgan fingerprint density at radius 3 is 2.65 bits per heavy atom. The number of aromatic nitrogens is 2. The molecule has 102 valence electrons. The highest BCUT2D eigenvalue weighted by atomic mass is 32.2. The van der Waals surface area contributed by atoms with Crippen molar-refractivity contribution in [3.8, 4) is 0 Å². The van der Waals surface area contributed by atoms with Gasteiger partial charge in [0.05, 0.1) is 21.7 Å². The Labute approximate surface area is 121 Å². The van der Waals surface area contributed by atoms with Crippen molar-refractivity contribution >= 4 is 31.4 Å². The highest BCUT2D eigenvalue weighted by Gasteiger charge is 2.20. The number of rotatable bonds is 3. The van der Waals surface area contributed by atoms with Crippen LogP contribution in [0.25, 0.3) is 10.2 Å². The van der Waals surface area contributed by atoms with E-state index in [2.05, 4.69) is 9.97 Å². The van der Waals surface area contributed by atoms with Crippen molar-refractivity contribution in [1.29, 1.82) is 0 Å². The lowest BCUT2D eigenvalue weighted by molar-refractivity contribution is 0.594. The summed E-state index contributed by atoms with van der Waals surface area (Å²) in [5, 5.41) is 0. The molecule has 0 radical (unpaired) electrons. The first kappa shape index (κ1) is 13.2. The molecule has 0 fully saturated rings. The van der Waals surface area contributed by atoms with E-state index in [1.165, 1.54) is 11.3 Å². The molecule has 0 aliphatic heterocycles. The molecule has 2 heterocycles.